The summed E-state index contributed by atoms with van der Waals surface area (Å²) < 4.78 is 0. The van der Waals surface area contributed by atoms with E-state index >= 15 is 0 Å². The van der Waals surface area contributed by atoms with Crippen molar-refractivity contribution in [3.8, 4) is 0 Å². The zero-order valence-electron chi connectivity index (χ0n) is 10.9. The number of aliphatic hydroxyl groups excluding tert-OH is 2. The molecule has 0 aromatic rings. The van der Waals surface area contributed by atoms with Crippen LogP contribution in [0.1, 0.15) is 27.7 Å². The molecule has 96 valence electrons. The molecule has 0 bridgehead atoms. The van der Waals surface area contributed by atoms with Gasteiger partial charge in [-0.1, -0.05) is 27.7 Å². The molecule has 4 nitrogen and oxygen atoms in total. The third-order valence-electron chi connectivity index (χ3n) is 2.98. The highest BCUT2D eigenvalue weighted by molar-refractivity contribution is 4.87. The molecule has 1 saturated heterocycles. The summed E-state index contributed by atoms with van der Waals surface area (Å²) in [5.74, 6) is 0. The third kappa shape index (κ3) is 4.37. The van der Waals surface area contributed by atoms with Crippen LogP contribution in [0.5, 0.6) is 0 Å². The van der Waals surface area contributed by atoms with Gasteiger partial charge in [-0.05, 0) is 5.41 Å². The number of likely N-dealkylation sites (tertiary alicyclic amines) is 1. The molecule has 4 heteroatoms. The SMILES string of the molecule is CC(C)NCC(C)(C)CN1CC(O)C(O)C1. The van der Waals surface area contributed by atoms with Crippen molar-refractivity contribution in [2.24, 2.45) is 5.41 Å². The molecule has 1 aliphatic heterocycles. The summed E-state index contributed by atoms with van der Waals surface area (Å²) >= 11 is 0. The predicted molar refractivity (Wildman–Crippen MR) is 65.4 cm³/mol. The van der Waals surface area contributed by atoms with Crippen molar-refractivity contribution in [3.63, 3.8) is 0 Å². The summed E-state index contributed by atoms with van der Waals surface area (Å²) in [6.07, 6.45) is -1.15. The minimum Gasteiger partial charge on any atom is -0.389 e. The molecular formula is C12H26N2O2. The smallest absolute Gasteiger partial charge is 0.0938 e. The van der Waals surface area contributed by atoms with Crippen molar-refractivity contribution in [1.82, 2.24) is 10.2 Å². The van der Waals surface area contributed by atoms with Gasteiger partial charge in [0.2, 0.25) is 0 Å². The summed E-state index contributed by atoms with van der Waals surface area (Å²) in [6, 6.07) is 0.494. The second-order valence-electron chi connectivity index (χ2n) is 6.03. The van der Waals surface area contributed by atoms with Crippen LogP contribution >= 0.6 is 0 Å². The standard InChI is InChI=1S/C12H26N2O2/c1-9(2)13-7-12(3,4)8-14-5-10(15)11(16)6-14/h9-11,13,15-16H,5-8H2,1-4H3. The molecule has 2 unspecified atom stereocenters. The van der Waals surface area contributed by atoms with Crippen molar-refractivity contribution in [2.45, 2.75) is 45.9 Å². The van der Waals surface area contributed by atoms with Gasteiger partial charge >= 0.3 is 0 Å². The number of nitrogens with zero attached hydrogens (tertiary/aromatic N) is 1. The normalized spacial score (nSPS) is 27.9. The summed E-state index contributed by atoms with van der Waals surface area (Å²) in [5, 5.41) is 22.4. The van der Waals surface area contributed by atoms with Crippen LogP contribution in [0.25, 0.3) is 0 Å². The minimum absolute atomic E-state index is 0.161. The van der Waals surface area contributed by atoms with E-state index in [0.29, 0.717) is 19.1 Å². The number of nitrogens with one attached hydrogen (secondary N) is 1. The van der Waals surface area contributed by atoms with Crippen LogP contribution in [-0.4, -0.2) is 59.5 Å². The van der Waals surface area contributed by atoms with Crippen LogP contribution in [0, 0.1) is 5.41 Å². The maximum absolute atomic E-state index is 9.48. The highest BCUT2D eigenvalue weighted by Gasteiger charge is 2.32. The fraction of sp³-hybridized carbons (Fsp3) is 1.00. The molecule has 0 amide bonds. The van der Waals surface area contributed by atoms with Gasteiger partial charge < -0.3 is 15.5 Å². The van der Waals surface area contributed by atoms with Crippen LogP contribution in [0.3, 0.4) is 0 Å². The molecule has 0 radical (unpaired) electrons. The Morgan fingerprint density at radius 1 is 1.25 bits per heavy atom. The lowest BCUT2D eigenvalue weighted by atomic mass is 9.92. The van der Waals surface area contributed by atoms with Crippen molar-refractivity contribution in [2.75, 3.05) is 26.2 Å². The molecule has 0 aliphatic carbocycles. The second-order valence-corrected chi connectivity index (χ2v) is 6.03. The fourth-order valence-electron chi connectivity index (χ4n) is 2.12. The first-order valence-electron chi connectivity index (χ1n) is 6.12. The van der Waals surface area contributed by atoms with Crippen molar-refractivity contribution >= 4 is 0 Å². The molecular weight excluding hydrogens is 204 g/mol. The number of hydrogen-bond donors (Lipinski definition) is 3. The van der Waals surface area contributed by atoms with Crippen molar-refractivity contribution in [3.05, 3.63) is 0 Å². The zero-order chi connectivity index (χ0) is 12.3. The molecule has 0 saturated carbocycles. The summed E-state index contributed by atoms with van der Waals surface area (Å²) in [6.45, 7) is 11.7. The van der Waals surface area contributed by atoms with E-state index in [2.05, 4.69) is 37.9 Å². The lowest BCUT2D eigenvalue weighted by molar-refractivity contribution is 0.0572. The van der Waals surface area contributed by atoms with E-state index in [1.54, 1.807) is 0 Å². The highest BCUT2D eigenvalue weighted by Crippen LogP contribution is 2.20. The maximum atomic E-state index is 9.48. The van der Waals surface area contributed by atoms with Crippen LogP contribution in [0.2, 0.25) is 0 Å². The topological polar surface area (TPSA) is 55.7 Å². The Bertz CT molecular complexity index is 209. The number of aliphatic hydroxyl groups is 2. The Labute approximate surface area is 98.6 Å². The number of hydrogen-bond acceptors (Lipinski definition) is 4. The van der Waals surface area contributed by atoms with E-state index in [-0.39, 0.29) is 5.41 Å². The summed E-state index contributed by atoms with van der Waals surface area (Å²) in [5.41, 5.74) is 0.161. The van der Waals surface area contributed by atoms with E-state index < -0.39 is 12.2 Å². The molecule has 1 aliphatic rings. The van der Waals surface area contributed by atoms with Gasteiger partial charge in [0.05, 0.1) is 12.2 Å². The Balaban J connectivity index is 2.35. The van der Waals surface area contributed by atoms with E-state index in [4.69, 9.17) is 0 Å². The molecule has 2 atom stereocenters. The van der Waals surface area contributed by atoms with E-state index in [0.717, 1.165) is 13.1 Å². The van der Waals surface area contributed by atoms with E-state index in [1.165, 1.54) is 0 Å². The molecule has 0 spiro atoms. The summed E-state index contributed by atoms with van der Waals surface area (Å²) in [4.78, 5) is 2.14. The van der Waals surface area contributed by atoms with Gasteiger partial charge in [0.25, 0.3) is 0 Å². The third-order valence-corrected chi connectivity index (χ3v) is 2.98. The minimum atomic E-state index is -0.575. The van der Waals surface area contributed by atoms with Gasteiger partial charge in [0.15, 0.2) is 0 Å². The highest BCUT2D eigenvalue weighted by atomic mass is 16.3. The quantitative estimate of drug-likeness (QED) is 0.624. The Hall–Kier alpha value is -0.160. The van der Waals surface area contributed by atoms with Gasteiger partial charge in [0.1, 0.15) is 0 Å². The molecule has 0 aromatic carbocycles. The Morgan fingerprint density at radius 2 is 1.75 bits per heavy atom. The Kier molecular flexibility index (Phi) is 4.73. The second kappa shape index (κ2) is 5.45. The van der Waals surface area contributed by atoms with Crippen LogP contribution in [0.4, 0.5) is 0 Å². The average molecular weight is 230 g/mol. The van der Waals surface area contributed by atoms with Crippen molar-refractivity contribution < 1.29 is 10.2 Å². The van der Waals surface area contributed by atoms with Crippen LogP contribution < -0.4 is 5.32 Å². The van der Waals surface area contributed by atoms with Gasteiger partial charge in [-0.15, -0.1) is 0 Å². The maximum Gasteiger partial charge on any atom is 0.0938 e. The first kappa shape index (κ1) is 13.9. The number of β-amino-alcohol motifs (C(OH)–C–C–N with tert-alkyl or cyclic N) is 2. The molecule has 1 heterocycles. The predicted octanol–water partition coefficient (Wildman–Crippen LogP) is 0.0480. The Morgan fingerprint density at radius 3 is 2.19 bits per heavy atom. The summed E-state index contributed by atoms with van der Waals surface area (Å²) in [7, 11) is 0. The lowest BCUT2D eigenvalue weighted by Crippen LogP contribution is -2.41. The van der Waals surface area contributed by atoms with Gasteiger partial charge in [-0.25, -0.2) is 0 Å². The first-order chi connectivity index (χ1) is 7.30. The van der Waals surface area contributed by atoms with E-state index in [9.17, 15) is 10.2 Å². The van der Waals surface area contributed by atoms with Crippen LogP contribution in [-0.2, 0) is 0 Å². The van der Waals surface area contributed by atoms with Gasteiger partial charge in [-0.2, -0.15) is 0 Å². The molecule has 1 rings (SSSR count). The monoisotopic (exact) mass is 230 g/mol. The lowest BCUT2D eigenvalue weighted by Gasteiger charge is -2.31. The number of rotatable bonds is 5. The largest absolute Gasteiger partial charge is 0.389 e. The zero-order valence-corrected chi connectivity index (χ0v) is 10.9. The average Bonchev–Trinajstić information content (AvgIpc) is 2.42. The molecule has 16 heavy (non-hydrogen) atoms. The first-order valence-corrected chi connectivity index (χ1v) is 6.12. The van der Waals surface area contributed by atoms with E-state index in [1.807, 2.05) is 0 Å². The molecule has 3 N–H and O–H groups in total. The van der Waals surface area contributed by atoms with Crippen LogP contribution in [0.15, 0.2) is 0 Å². The van der Waals surface area contributed by atoms with Gasteiger partial charge in [-0.3, -0.25) is 4.90 Å². The van der Waals surface area contributed by atoms with Gasteiger partial charge in [0, 0.05) is 32.2 Å². The molecule has 1 fully saturated rings. The fourth-order valence-corrected chi connectivity index (χ4v) is 2.12. The molecule has 0 aromatic heterocycles. The van der Waals surface area contributed by atoms with Crippen molar-refractivity contribution in [1.29, 1.82) is 0 Å².